The van der Waals surface area contributed by atoms with E-state index in [0.29, 0.717) is 39.6 Å². The molecule has 0 radical (unpaired) electrons. The molecule has 2 N–H and O–H groups in total. The quantitative estimate of drug-likeness (QED) is 0.502. The Labute approximate surface area is 213 Å². The zero-order valence-corrected chi connectivity index (χ0v) is 20.2. The van der Waals surface area contributed by atoms with Crippen LogP contribution in [0.25, 0.3) is 11.0 Å². The Morgan fingerprint density at radius 3 is 2.50 bits per heavy atom. The number of alkyl halides is 3. The van der Waals surface area contributed by atoms with E-state index in [0.717, 1.165) is 4.90 Å². The molecule has 2 aromatic heterocycles. The lowest BCUT2D eigenvalue weighted by Gasteiger charge is -2.45. The van der Waals surface area contributed by atoms with Crippen molar-refractivity contribution < 1.29 is 22.8 Å². The molecule has 1 aromatic carbocycles. The van der Waals surface area contributed by atoms with E-state index in [-0.39, 0.29) is 25.3 Å². The van der Waals surface area contributed by atoms with Crippen LogP contribution in [0.2, 0.25) is 10.0 Å². The summed E-state index contributed by atoms with van der Waals surface area (Å²) in [6, 6.07) is 3.79. The highest BCUT2D eigenvalue weighted by atomic mass is 35.5. The molecule has 0 bridgehead atoms. The second-order valence-electron chi connectivity index (χ2n) is 8.84. The first-order valence-electron chi connectivity index (χ1n) is 11.3. The van der Waals surface area contributed by atoms with Gasteiger partial charge in [-0.1, -0.05) is 23.2 Å². The van der Waals surface area contributed by atoms with Crippen molar-refractivity contribution >= 4 is 57.6 Å². The summed E-state index contributed by atoms with van der Waals surface area (Å²) in [6.45, 7) is -0.144. The lowest BCUT2D eigenvalue weighted by molar-refractivity contribution is -0.200. The van der Waals surface area contributed by atoms with Crippen molar-refractivity contribution in [3.05, 3.63) is 46.8 Å². The van der Waals surface area contributed by atoms with Crippen LogP contribution in [0.3, 0.4) is 0 Å². The van der Waals surface area contributed by atoms with Crippen LogP contribution in [0, 0.1) is 5.92 Å². The second kappa shape index (κ2) is 9.44. The summed E-state index contributed by atoms with van der Waals surface area (Å²) in [7, 11) is 0. The number of aromatic nitrogens is 3. The zero-order valence-electron chi connectivity index (χ0n) is 18.7. The second-order valence-corrected chi connectivity index (χ2v) is 9.71. The normalized spacial score (nSPS) is 23.4. The Morgan fingerprint density at radius 2 is 1.78 bits per heavy atom. The molecule has 0 saturated carbocycles. The Morgan fingerprint density at radius 1 is 1.03 bits per heavy atom. The number of carbonyl (C=O) groups is 2. The third-order valence-corrected chi connectivity index (χ3v) is 7.02. The van der Waals surface area contributed by atoms with Crippen LogP contribution < -0.4 is 10.2 Å². The number of nitrogens with one attached hydrogen (secondary N) is 2. The highest BCUT2D eigenvalue weighted by Crippen LogP contribution is 2.40. The van der Waals surface area contributed by atoms with Gasteiger partial charge < -0.3 is 15.2 Å². The van der Waals surface area contributed by atoms with Gasteiger partial charge in [-0.3, -0.25) is 14.5 Å². The number of halogens is 5. The molecule has 13 heteroatoms. The van der Waals surface area contributed by atoms with Crippen molar-refractivity contribution in [2.45, 2.75) is 37.5 Å². The van der Waals surface area contributed by atoms with Crippen LogP contribution in [0.15, 0.2) is 36.8 Å². The van der Waals surface area contributed by atoms with Crippen LogP contribution in [-0.2, 0) is 9.59 Å². The average Bonchev–Trinajstić information content (AvgIpc) is 3.28. The van der Waals surface area contributed by atoms with Gasteiger partial charge in [0.1, 0.15) is 29.9 Å². The summed E-state index contributed by atoms with van der Waals surface area (Å²) in [5.74, 6) is -3.18. The minimum absolute atomic E-state index is 0.0352. The summed E-state index contributed by atoms with van der Waals surface area (Å²) in [5, 5.41) is 4.23. The molecule has 190 valence electrons. The maximum Gasteiger partial charge on any atom is 0.394 e. The number of likely N-dealkylation sites (tertiary alicyclic amines) is 1. The lowest BCUT2D eigenvalue weighted by Crippen LogP contribution is -2.64. The minimum atomic E-state index is -4.66. The molecule has 36 heavy (non-hydrogen) atoms. The number of hydrogen-bond donors (Lipinski definition) is 2. The first-order chi connectivity index (χ1) is 17.1. The molecule has 4 heterocycles. The lowest BCUT2D eigenvalue weighted by atomic mass is 9.87. The Kier molecular flexibility index (Phi) is 6.46. The van der Waals surface area contributed by atoms with E-state index in [2.05, 4.69) is 20.3 Å². The van der Waals surface area contributed by atoms with Crippen molar-refractivity contribution in [1.29, 1.82) is 0 Å². The van der Waals surface area contributed by atoms with Crippen LogP contribution in [-0.4, -0.2) is 63.0 Å². The number of H-pyrrole nitrogens is 1. The number of aromatic amines is 1. The topological polar surface area (TPSA) is 94.2 Å². The van der Waals surface area contributed by atoms with Gasteiger partial charge in [0, 0.05) is 35.0 Å². The van der Waals surface area contributed by atoms with Gasteiger partial charge in [0.25, 0.3) is 5.91 Å². The van der Waals surface area contributed by atoms with Gasteiger partial charge in [0.2, 0.25) is 5.91 Å². The predicted octanol–water partition coefficient (Wildman–Crippen LogP) is 4.65. The molecule has 2 fully saturated rings. The molecule has 0 aliphatic carbocycles. The number of fused-ring (bicyclic) bond motifs is 1. The van der Waals surface area contributed by atoms with Crippen molar-refractivity contribution in [3.8, 4) is 0 Å². The van der Waals surface area contributed by atoms with E-state index >= 15 is 0 Å². The van der Waals surface area contributed by atoms with Gasteiger partial charge in [0.05, 0.1) is 11.3 Å². The molecule has 0 spiro atoms. The molecular formula is C23H21Cl2F3N6O2. The minimum Gasteiger partial charge on any atom is -0.374 e. The summed E-state index contributed by atoms with van der Waals surface area (Å²) in [5.41, 5.74) is 0.924. The van der Waals surface area contributed by atoms with E-state index in [9.17, 15) is 22.8 Å². The molecule has 8 nitrogen and oxygen atoms in total. The van der Waals surface area contributed by atoms with E-state index in [1.807, 2.05) is 0 Å². The zero-order chi connectivity index (χ0) is 25.6. The summed E-state index contributed by atoms with van der Waals surface area (Å²) in [6.07, 6.45) is -1.36. The number of nitrogens with zero attached hydrogens (tertiary/aromatic N) is 4. The maximum atomic E-state index is 14.1. The van der Waals surface area contributed by atoms with E-state index in [1.165, 1.54) is 17.3 Å². The van der Waals surface area contributed by atoms with Gasteiger partial charge in [-0.15, -0.1) is 0 Å². The largest absolute Gasteiger partial charge is 0.394 e. The molecule has 3 unspecified atom stereocenters. The molecule has 5 rings (SSSR count). The first-order valence-corrected chi connectivity index (χ1v) is 12.1. The molecule has 2 aliphatic heterocycles. The van der Waals surface area contributed by atoms with Crippen LogP contribution in [0.5, 0.6) is 0 Å². The Bertz CT molecular complexity index is 1300. The van der Waals surface area contributed by atoms with E-state index in [1.54, 1.807) is 24.4 Å². The van der Waals surface area contributed by atoms with Crippen molar-refractivity contribution in [3.63, 3.8) is 0 Å². The van der Waals surface area contributed by atoms with E-state index < -0.39 is 36.0 Å². The number of hydrogen-bond acceptors (Lipinski definition) is 5. The highest BCUT2D eigenvalue weighted by Gasteiger charge is 2.55. The smallest absolute Gasteiger partial charge is 0.374 e. The summed E-state index contributed by atoms with van der Waals surface area (Å²) < 4.78 is 42.4. The fourth-order valence-electron chi connectivity index (χ4n) is 4.99. The predicted molar refractivity (Wildman–Crippen MR) is 129 cm³/mol. The van der Waals surface area contributed by atoms with Gasteiger partial charge >= 0.3 is 6.18 Å². The van der Waals surface area contributed by atoms with Gasteiger partial charge in [-0.2, -0.15) is 13.2 Å². The van der Waals surface area contributed by atoms with Gasteiger partial charge in [-0.05, 0) is 43.5 Å². The molecule has 2 aliphatic rings. The van der Waals surface area contributed by atoms with E-state index in [4.69, 9.17) is 23.2 Å². The maximum absolute atomic E-state index is 14.1. The number of rotatable bonds is 4. The third kappa shape index (κ3) is 4.57. The fraction of sp³-hybridized carbons (Fsp3) is 0.391. The van der Waals surface area contributed by atoms with Crippen molar-refractivity contribution in [2.24, 2.45) is 5.92 Å². The Balaban J connectivity index is 1.47. The molecular weight excluding hydrogens is 520 g/mol. The number of amides is 2. The van der Waals surface area contributed by atoms with Gasteiger partial charge in [0.15, 0.2) is 0 Å². The molecule has 3 aromatic rings. The summed E-state index contributed by atoms with van der Waals surface area (Å²) in [4.78, 5) is 40.6. The number of carbonyl (C=O) groups excluding carboxylic acids is 2. The standard InChI is InChI=1S/C23H21Cl2F3N6O2/c24-12-8-13(25)10-14(9-12)32-17-2-1-6-33(21(17)35)18-16(23(26,27)28)4-7-34(22(18)36)20-15-3-5-29-19(15)30-11-31-20/h3,5,8-11,16-18,32H,1-2,4,6-7H2,(H,29,30,31). The first kappa shape index (κ1) is 24.6. The molecule has 2 saturated heterocycles. The van der Waals surface area contributed by atoms with Gasteiger partial charge in [-0.25, -0.2) is 9.97 Å². The number of piperidine rings is 2. The van der Waals surface area contributed by atoms with Crippen LogP contribution >= 0.6 is 23.2 Å². The number of benzene rings is 1. The fourth-order valence-corrected chi connectivity index (χ4v) is 5.52. The van der Waals surface area contributed by atoms with Crippen LogP contribution in [0.1, 0.15) is 19.3 Å². The summed E-state index contributed by atoms with van der Waals surface area (Å²) >= 11 is 12.1. The number of anilines is 2. The van der Waals surface area contributed by atoms with Crippen molar-refractivity contribution in [1.82, 2.24) is 19.9 Å². The van der Waals surface area contributed by atoms with Crippen LogP contribution in [0.4, 0.5) is 24.7 Å². The Hall–Kier alpha value is -3.05. The monoisotopic (exact) mass is 540 g/mol. The average molecular weight is 541 g/mol. The SMILES string of the molecule is O=C1C(N2CCCC(Nc3cc(Cl)cc(Cl)c3)C2=O)C(C(F)(F)F)CCN1c1ncnc2[nH]ccc12. The third-order valence-electron chi connectivity index (χ3n) is 6.59. The molecule has 2 amide bonds. The molecule has 3 atom stereocenters. The highest BCUT2D eigenvalue weighted by molar-refractivity contribution is 6.35. The van der Waals surface area contributed by atoms with Crippen molar-refractivity contribution in [2.75, 3.05) is 23.3 Å².